The number of nitrogens with zero attached hydrogens (tertiary/aromatic N) is 1. The van der Waals surface area contributed by atoms with E-state index in [0.29, 0.717) is 11.4 Å². The smallest absolute Gasteiger partial charge is 0.394 e. The largest absolute Gasteiger partial charge is 0.481 e. The number of aliphatic carboxylic acids is 1. The highest BCUT2D eigenvalue weighted by Crippen LogP contribution is 2.42. The van der Waals surface area contributed by atoms with Gasteiger partial charge in [-0.3, -0.25) is 4.79 Å². The highest BCUT2D eigenvalue weighted by Gasteiger charge is 2.54. The fourth-order valence-electron chi connectivity index (χ4n) is 3.26. The van der Waals surface area contributed by atoms with E-state index in [-0.39, 0.29) is 12.0 Å². The summed E-state index contributed by atoms with van der Waals surface area (Å²) in [6.45, 7) is -1.08. The Kier molecular flexibility index (Phi) is 4.57. The summed E-state index contributed by atoms with van der Waals surface area (Å²) in [6.07, 6.45) is -3.98. The van der Waals surface area contributed by atoms with E-state index in [1.165, 1.54) is 0 Å². The second-order valence-corrected chi connectivity index (χ2v) is 6.89. The van der Waals surface area contributed by atoms with Gasteiger partial charge in [0.05, 0.1) is 11.8 Å². The minimum absolute atomic E-state index is 0.0685. The summed E-state index contributed by atoms with van der Waals surface area (Å²) in [6, 6.07) is 6.34. The van der Waals surface area contributed by atoms with Crippen LogP contribution in [0.15, 0.2) is 24.3 Å². The first-order chi connectivity index (χ1) is 11.7. The number of carboxylic acids is 1. The number of likely N-dealkylation sites (tertiary alicyclic amines) is 1. The summed E-state index contributed by atoms with van der Waals surface area (Å²) in [7, 11) is 0. The molecule has 0 radical (unpaired) electrons. The first-order valence-electron chi connectivity index (χ1n) is 7.77. The average Bonchev–Trinajstić information content (AvgIpc) is 3.10. The fraction of sp³-hybridized carbons (Fsp3) is 0.500. The number of carbonyl (C=O) groups is 2. The predicted octanol–water partition coefficient (Wildman–Crippen LogP) is 3.10. The zero-order chi connectivity index (χ0) is 18.4. The van der Waals surface area contributed by atoms with Gasteiger partial charge in [0, 0.05) is 30.1 Å². The lowest BCUT2D eigenvalue weighted by Crippen LogP contribution is -2.41. The molecule has 0 bridgehead atoms. The normalized spacial score (nSPS) is 28.7. The number of alkyl halides is 3. The molecule has 1 aromatic carbocycles. The second-order valence-electron chi connectivity index (χ2n) is 6.45. The SMILES string of the molecule is O=C(O)[C@@H]1CN(C(=O)N[C@@H]2C[C@H]2c2cccc(Cl)c2)C[C@H]1C(F)(F)F. The molecule has 1 aliphatic carbocycles. The Morgan fingerprint density at radius 1 is 1.28 bits per heavy atom. The Bertz CT molecular complexity index is 697. The standard InChI is InChI=1S/C16H16ClF3N2O3/c17-9-3-1-2-8(4-9)10-5-13(10)21-15(25)22-6-11(14(23)24)12(7-22)16(18,19)20/h1-4,10-13H,5-7H2,(H,21,25)(H,23,24)/t10-,11+,12+,13+/m0/s1. The topological polar surface area (TPSA) is 69.6 Å². The van der Waals surface area contributed by atoms with Gasteiger partial charge in [0.15, 0.2) is 0 Å². The molecule has 1 heterocycles. The van der Waals surface area contributed by atoms with Gasteiger partial charge in [0.1, 0.15) is 0 Å². The molecule has 4 atom stereocenters. The minimum atomic E-state index is -4.65. The fourth-order valence-corrected chi connectivity index (χ4v) is 3.46. The molecule has 1 aromatic rings. The molecule has 2 N–H and O–H groups in total. The first-order valence-corrected chi connectivity index (χ1v) is 8.15. The zero-order valence-corrected chi connectivity index (χ0v) is 13.7. The van der Waals surface area contributed by atoms with Crippen LogP contribution >= 0.6 is 11.6 Å². The molecule has 0 aromatic heterocycles. The van der Waals surface area contributed by atoms with E-state index in [4.69, 9.17) is 16.7 Å². The maximum absolute atomic E-state index is 13.0. The summed E-state index contributed by atoms with van der Waals surface area (Å²) in [5.41, 5.74) is 0.954. The Hall–Kier alpha value is -1.96. The molecule has 9 heteroatoms. The molecule has 25 heavy (non-hydrogen) atoms. The quantitative estimate of drug-likeness (QED) is 0.851. The third kappa shape index (κ3) is 3.84. The number of benzene rings is 1. The third-order valence-corrected chi connectivity index (χ3v) is 4.96. The van der Waals surface area contributed by atoms with Crippen molar-refractivity contribution in [3.63, 3.8) is 0 Å². The number of rotatable bonds is 3. The second kappa shape index (κ2) is 6.40. The lowest BCUT2D eigenvalue weighted by molar-refractivity contribution is -0.187. The Labute approximate surface area is 146 Å². The van der Waals surface area contributed by atoms with Crippen molar-refractivity contribution in [1.82, 2.24) is 10.2 Å². The number of urea groups is 1. The number of carboxylic acid groups (broad SMARTS) is 1. The molecule has 5 nitrogen and oxygen atoms in total. The van der Waals surface area contributed by atoms with Crippen molar-refractivity contribution in [2.45, 2.75) is 24.6 Å². The van der Waals surface area contributed by atoms with E-state index in [0.717, 1.165) is 10.5 Å². The van der Waals surface area contributed by atoms with Gasteiger partial charge in [0.2, 0.25) is 0 Å². The number of nitrogens with one attached hydrogen (secondary N) is 1. The van der Waals surface area contributed by atoms with Crippen molar-refractivity contribution in [2.24, 2.45) is 11.8 Å². The molecule has 2 aliphatic rings. The molecule has 0 unspecified atom stereocenters. The Balaban J connectivity index is 1.60. The average molecular weight is 377 g/mol. The van der Waals surface area contributed by atoms with Gasteiger partial charge < -0.3 is 15.3 Å². The minimum Gasteiger partial charge on any atom is -0.481 e. The van der Waals surface area contributed by atoms with Crippen LogP contribution in [0.2, 0.25) is 5.02 Å². The molecular formula is C16H16ClF3N2O3. The van der Waals surface area contributed by atoms with Gasteiger partial charge in [-0.15, -0.1) is 0 Å². The molecule has 3 rings (SSSR count). The van der Waals surface area contributed by atoms with Crippen LogP contribution in [0.1, 0.15) is 17.9 Å². The van der Waals surface area contributed by atoms with Crippen LogP contribution < -0.4 is 5.32 Å². The highest BCUT2D eigenvalue weighted by atomic mass is 35.5. The number of halogens is 4. The van der Waals surface area contributed by atoms with Crippen LogP contribution in [-0.2, 0) is 4.79 Å². The van der Waals surface area contributed by atoms with Crippen molar-refractivity contribution in [1.29, 1.82) is 0 Å². The molecule has 136 valence electrons. The summed E-state index contributed by atoms with van der Waals surface area (Å²) < 4.78 is 38.9. The van der Waals surface area contributed by atoms with E-state index in [2.05, 4.69) is 5.32 Å². The van der Waals surface area contributed by atoms with Crippen molar-refractivity contribution < 1.29 is 27.9 Å². The van der Waals surface area contributed by atoms with E-state index in [1.807, 2.05) is 6.07 Å². The molecule has 1 aliphatic heterocycles. The van der Waals surface area contributed by atoms with E-state index < -0.39 is 43.1 Å². The maximum atomic E-state index is 13.0. The molecule has 2 amide bonds. The number of amides is 2. The van der Waals surface area contributed by atoms with Crippen molar-refractivity contribution in [3.05, 3.63) is 34.9 Å². The third-order valence-electron chi connectivity index (χ3n) is 4.72. The van der Waals surface area contributed by atoms with Crippen LogP contribution in [0, 0.1) is 11.8 Å². The first kappa shape index (κ1) is 17.8. The van der Waals surface area contributed by atoms with Gasteiger partial charge in [0.25, 0.3) is 0 Å². The van der Waals surface area contributed by atoms with Gasteiger partial charge in [-0.05, 0) is 24.1 Å². The molecule has 2 fully saturated rings. The molecule has 1 saturated carbocycles. The van der Waals surface area contributed by atoms with Gasteiger partial charge in [-0.2, -0.15) is 13.2 Å². The lowest BCUT2D eigenvalue weighted by Gasteiger charge is -2.18. The summed E-state index contributed by atoms with van der Waals surface area (Å²) >= 11 is 5.92. The maximum Gasteiger partial charge on any atom is 0.394 e. The van der Waals surface area contributed by atoms with Crippen LogP contribution in [0.3, 0.4) is 0 Å². The number of hydrogen-bond acceptors (Lipinski definition) is 2. The van der Waals surface area contributed by atoms with Crippen LogP contribution in [0.5, 0.6) is 0 Å². The summed E-state index contributed by atoms with van der Waals surface area (Å²) in [5.74, 6) is -5.15. The van der Waals surface area contributed by atoms with Gasteiger partial charge in [-0.25, -0.2) is 4.79 Å². The van der Waals surface area contributed by atoms with Crippen molar-refractivity contribution in [3.8, 4) is 0 Å². The van der Waals surface area contributed by atoms with Gasteiger partial charge >= 0.3 is 18.2 Å². The van der Waals surface area contributed by atoms with E-state index in [9.17, 15) is 22.8 Å². The Morgan fingerprint density at radius 2 is 2.00 bits per heavy atom. The molecule has 0 spiro atoms. The molecule has 1 saturated heterocycles. The number of carbonyl (C=O) groups excluding carboxylic acids is 1. The Morgan fingerprint density at radius 3 is 2.56 bits per heavy atom. The van der Waals surface area contributed by atoms with Crippen molar-refractivity contribution >= 4 is 23.6 Å². The van der Waals surface area contributed by atoms with Crippen LogP contribution in [0.25, 0.3) is 0 Å². The van der Waals surface area contributed by atoms with Gasteiger partial charge in [-0.1, -0.05) is 23.7 Å². The van der Waals surface area contributed by atoms with E-state index >= 15 is 0 Å². The highest BCUT2D eigenvalue weighted by molar-refractivity contribution is 6.30. The van der Waals surface area contributed by atoms with Crippen molar-refractivity contribution in [2.75, 3.05) is 13.1 Å². The zero-order valence-electron chi connectivity index (χ0n) is 13.0. The number of hydrogen-bond donors (Lipinski definition) is 2. The van der Waals surface area contributed by atoms with Crippen LogP contribution in [-0.4, -0.2) is 47.3 Å². The lowest BCUT2D eigenvalue weighted by atomic mass is 9.96. The summed E-state index contributed by atoms with van der Waals surface area (Å²) in [4.78, 5) is 24.2. The summed E-state index contributed by atoms with van der Waals surface area (Å²) in [5, 5.41) is 12.2. The van der Waals surface area contributed by atoms with Crippen LogP contribution in [0.4, 0.5) is 18.0 Å². The monoisotopic (exact) mass is 376 g/mol. The molecular weight excluding hydrogens is 361 g/mol. The predicted molar refractivity (Wildman–Crippen MR) is 83.4 cm³/mol. The van der Waals surface area contributed by atoms with E-state index in [1.54, 1.807) is 18.2 Å².